The first-order valence-electron chi connectivity index (χ1n) is 5.71. The van der Waals surface area contributed by atoms with Crippen molar-refractivity contribution < 1.29 is 14.6 Å². The van der Waals surface area contributed by atoms with E-state index in [-0.39, 0.29) is 5.56 Å². The zero-order chi connectivity index (χ0) is 14.0. The zero-order valence-electron chi connectivity index (χ0n) is 10.6. The quantitative estimate of drug-likeness (QED) is 0.921. The predicted molar refractivity (Wildman–Crippen MR) is 75.1 cm³/mol. The molecular formula is C15H13ClO3. The predicted octanol–water partition coefficient (Wildman–Crippen LogP) is 4.02. The van der Waals surface area contributed by atoms with Crippen molar-refractivity contribution in [3.8, 4) is 16.9 Å². The number of benzene rings is 2. The van der Waals surface area contributed by atoms with Crippen LogP contribution in [-0.2, 0) is 0 Å². The summed E-state index contributed by atoms with van der Waals surface area (Å²) in [6, 6.07) is 10.4. The number of methoxy groups -OCH3 is 1. The van der Waals surface area contributed by atoms with Gasteiger partial charge in [0.2, 0.25) is 0 Å². The first kappa shape index (κ1) is 13.4. The standard InChI is InChI=1S/C15H13ClO3/c1-9-11(4-3-5-12(9)15(17)18)13-8-10(19-2)6-7-14(13)16/h3-8H,1-2H3,(H,17,18). The molecule has 0 saturated carbocycles. The summed E-state index contributed by atoms with van der Waals surface area (Å²) in [7, 11) is 1.58. The van der Waals surface area contributed by atoms with E-state index in [1.165, 1.54) is 0 Å². The first-order valence-corrected chi connectivity index (χ1v) is 6.09. The van der Waals surface area contributed by atoms with Gasteiger partial charge < -0.3 is 9.84 Å². The van der Waals surface area contributed by atoms with E-state index in [2.05, 4.69) is 0 Å². The van der Waals surface area contributed by atoms with Crippen LogP contribution in [0, 0.1) is 6.92 Å². The second-order valence-electron chi connectivity index (χ2n) is 4.13. The number of hydrogen-bond acceptors (Lipinski definition) is 2. The maximum atomic E-state index is 11.2. The van der Waals surface area contributed by atoms with Crippen LogP contribution in [0.2, 0.25) is 5.02 Å². The van der Waals surface area contributed by atoms with Crippen LogP contribution < -0.4 is 4.74 Å². The summed E-state index contributed by atoms with van der Waals surface area (Å²) in [6.07, 6.45) is 0. The van der Waals surface area contributed by atoms with Crippen LogP contribution in [0.4, 0.5) is 0 Å². The number of ether oxygens (including phenoxy) is 1. The Kier molecular flexibility index (Phi) is 3.76. The summed E-state index contributed by atoms with van der Waals surface area (Å²) in [5.74, 6) is -0.266. The molecule has 1 N–H and O–H groups in total. The second-order valence-corrected chi connectivity index (χ2v) is 4.54. The van der Waals surface area contributed by atoms with Crippen LogP contribution in [0.25, 0.3) is 11.1 Å². The van der Waals surface area contributed by atoms with Crippen LogP contribution in [0.5, 0.6) is 5.75 Å². The molecule has 0 aliphatic rings. The molecule has 0 amide bonds. The highest BCUT2D eigenvalue weighted by Gasteiger charge is 2.13. The van der Waals surface area contributed by atoms with E-state index in [0.29, 0.717) is 16.3 Å². The third-order valence-electron chi connectivity index (χ3n) is 3.03. The Morgan fingerprint density at radius 3 is 2.58 bits per heavy atom. The Hall–Kier alpha value is -2.00. The Morgan fingerprint density at radius 2 is 1.95 bits per heavy atom. The number of aromatic carboxylic acids is 1. The molecule has 2 rings (SSSR count). The van der Waals surface area contributed by atoms with Gasteiger partial charge in [-0.3, -0.25) is 0 Å². The van der Waals surface area contributed by atoms with Crippen molar-refractivity contribution in [2.45, 2.75) is 6.92 Å². The van der Waals surface area contributed by atoms with Crippen LogP contribution in [-0.4, -0.2) is 18.2 Å². The van der Waals surface area contributed by atoms with Gasteiger partial charge in [-0.25, -0.2) is 4.79 Å². The molecule has 0 radical (unpaired) electrons. The molecule has 0 fully saturated rings. The largest absolute Gasteiger partial charge is 0.497 e. The minimum atomic E-state index is -0.946. The van der Waals surface area contributed by atoms with Crippen LogP contribution in [0.1, 0.15) is 15.9 Å². The van der Waals surface area contributed by atoms with Crippen molar-refractivity contribution in [3.05, 3.63) is 52.5 Å². The van der Waals surface area contributed by atoms with Gasteiger partial charge in [0, 0.05) is 10.6 Å². The molecule has 98 valence electrons. The smallest absolute Gasteiger partial charge is 0.335 e. The van der Waals surface area contributed by atoms with Gasteiger partial charge in [0.05, 0.1) is 12.7 Å². The molecule has 0 aliphatic heterocycles. The van der Waals surface area contributed by atoms with Crippen molar-refractivity contribution >= 4 is 17.6 Å². The Balaban J connectivity index is 2.65. The topological polar surface area (TPSA) is 46.5 Å². The summed E-state index contributed by atoms with van der Waals surface area (Å²) in [4.78, 5) is 11.2. The van der Waals surface area contributed by atoms with Gasteiger partial charge in [0.15, 0.2) is 0 Å². The molecule has 2 aromatic carbocycles. The van der Waals surface area contributed by atoms with E-state index in [0.717, 1.165) is 11.1 Å². The third kappa shape index (κ3) is 2.56. The molecule has 0 heterocycles. The summed E-state index contributed by atoms with van der Waals surface area (Å²) < 4.78 is 5.17. The first-order chi connectivity index (χ1) is 9.04. The van der Waals surface area contributed by atoms with E-state index in [4.69, 9.17) is 21.4 Å². The van der Waals surface area contributed by atoms with Gasteiger partial charge in [-0.1, -0.05) is 23.7 Å². The lowest BCUT2D eigenvalue weighted by Crippen LogP contribution is -2.01. The number of hydrogen-bond donors (Lipinski definition) is 1. The van der Waals surface area contributed by atoms with E-state index in [9.17, 15) is 4.79 Å². The fourth-order valence-electron chi connectivity index (χ4n) is 2.00. The molecular weight excluding hydrogens is 264 g/mol. The lowest BCUT2D eigenvalue weighted by atomic mass is 9.96. The molecule has 19 heavy (non-hydrogen) atoms. The van der Waals surface area contributed by atoms with Crippen molar-refractivity contribution in [1.82, 2.24) is 0 Å². The zero-order valence-corrected chi connectivity index (χ0v) is 11.4. The normalized spacial score (nSPS) is 10.3. The molecule has 0 saturated heterocycles. The van der Waals surface area contributed by atoms with E-state index < -0.39 is 5.97 Å². The monoisotopic (exact) mass is 276 g/mol. The van der Waals surface area contributed by atoms with Gasteiger partial charge in [-0.05, 0) is 42.3 Å². The third-order valence-corrected chi connectivity index (χ3v) is 3.36. The van der Waals surface area contributed by atoms with Crippen molar-refractivity contribution in [2.75, 3.05) is 7.11 Å². The number of carboxylic acids is 1. The molecule has 3 nitrogen and oxygen atoms in total. The molecule has 4 heteroatoms. The molecule has 2 aromatic rings. The second kappa shape index (κ2) is 5.33. The maximum Gasteiger partial charge on any atom is 0.335 e. The highest BCUT2D eigenvalue weighted by Crippen LogP contribution is 2.34. The highest BCUT2D eigenvalue weighted by molar-refractivity contribution is 6.33. The van der Waals surface area contributed by atoms with Gasteiger partial charge in [0.25, 0.3) is 0 Å². The lowest BCUT2D eigenvalue weighted by molar-refractivity contribution is 0.0696. The van der Waals surface area contributed by atoms with Crippen LogP contribution in [0.3, 0.4) is 0 Å². The Bertz CT molecular complexity index is 635. The van der Waals surface area contributed by atoms with E-state index >= 15 is 0 Å². The minimum absolute atomic E-state index is 0.274. The van der Waals surface area contributed by atoms with Crippen molar-refractivity contribution in [2.24, 2.45) is 0 Å². The van der Waals surface area contributed by atoms with E-state index in [1.807, 2.05) is 6.07 Å². The number of halogens is 1. The van der Waals surface area contributed by atoms with Crippen LogP contribution in [0.15, 0.2) is 36.4 Å². The molecule has 0 atom stereocenters. The molecule has 0 unspecified atom stereocenters. The van der Waals surface area contributed by atoms with Crippen molar-refractivity contribution in [1.29, 1.82) is 0 Å². The van der Waals surface area contributed by atoms with E-state index in [1.54, 1.807) is 44.4 Å². The SMILES string of the molecule is COc1ccc(Cl)c(-c2cccc(C(=O)O)c2C)c1. The molecule has 0 aliphatic carbocycles. The van der Waals surface area contributed by atoms with Crippen LogP contribution >= 0.6 is 11.6 Å². The Labute approximate surface area is 116 Å². The number of carboxylic acid groups (broad SMARTS) is 1. The average molecular weight is 277 g/mol. The summed E-state index contributed by atoms with van der Waals surface area (Å²) in [5, 5.41) is 9.71. The van der Waals surface area contributed by atoms with Crippen molar-refractivity contribution in [3.63, 3.8) is 0 Å². The number of rotatable bonds is 3. The highest BCUT2D eigenvalue weighted by atomic mass is 35.5. The van der Waals surface area contributed by atoms with Gasteiger partial charge in [-0.2, -0.15) is 0 Å². The fraction of sp³-hybridized carbons (Fsp3) is 0.133. The van der Waals surface area contributed by atoms with Gasteiger partial charge in [0.1, 0.15) is 5.75 Å². The average Bonchev–Trinajstić information content (AvgIpc) is 2.39. The maximum absolute atomic E-state index is 11.2. The molecule has 0 aromatic heterocycles. The van der Waals surface area contributed by atoms with Gasteiger partial charge >= 0.3 is 5.97 Å². The minimum Gasteiger partial charge on any atom is -0.497 e. The Morgan fingerprint density at radius 1 is 1.21 bits per heavy atom. The molecule has 0 spiro atoms. The van der Waals surface area contributed by atoms with Gasteiger partial charge in [-0.15, -0.1) is 0 Å². The fourth-order valence-corrected chi connectivity index (χ4v) is 2.22. The number of carbonyl (C=O) groups is 1. The summed E-state index contributed by atoms with van der Waals surface area (Å²) in [5.41, 5.74) is 2.52. The summed E-state index contributed by atoms with van der Waals surface area (Å²) in [6.45, 7) is 1.77. The summed E-state index contributed by atoms with van der Waals surface area (Å²) >= 11 is 6.19. The molecule has 0 bridgehead atoms. The lowest BCUT2D eigenvalue weighted by Gasteiger charge is -2.11.